The average molecular weight is 923 g/mol. The molecule has 3 heterocycles. The highest BCUT2D eigenvalue weighted by Crippen LogP contribution is 2.38. The van der Waals surface area contributed by atoms with E-state index < -0.39 is 47.0 Å². The maximum absolute atomic E-state index is 14.0. The third kappa shape index (κ3) is 10.9. The van der Waals surface area contributed by atoms with E-state index in [1.54, 1.807) is 45.2 Å². The van der Waals surface area contributed by atoms with Crippen molar-refractivity contribution in [3.8, 4) is 28.1 Å². The van der Waals surface area contributed by atoms with Crippen LogP contribution in [0.1, 0.15) is 65.0 Å². The van der Waals surface area contributed by atoms with Crippen molar-refractivity contribution in [1.29, 1.82) is 0 Å². The van der Waals surface area contributed by atoms with Gasteiger partial charge in [0.05, 0.1) is 30.7 Å². The van der Waals surface area contributed by atoms with Gasteiger partial charge in [0.2, 0.25) is 17.7 Å². The van der Waals surface area contributed by atoms with Gasteiger partial charge in [-0.2, -0.15) is 5.10 Å². The minimum Gasteiger partial charge on any atom is -0.494 e. The molecule has 0 spiro atoms. The lowest BCUT2D eigenvalue weighted by Gasteiger charge is -2.35. The number of H-pyrrole nitrogens is 1. The second-order valence-corrected chi connectivity index (χ2v) is 18.7. The Morgan fingerprint density at radius 3 is 2.19 bits per heavy atom. The van der Waals surface area contributed by atoms with E-state index >= 15 is 0 Å². The van der Waals surface area contributed by atoms with Crippen molar-refractivity contribution < 1.29 is 38.6 Å². The summed E-state index contributed by atoms with van der Waals surface area (Å²) in [6, 6.07) is 27.2. The number of carbonyl (C=O) groups is 5. The Bertz CT molecular complexity index is 2650. The number of hydrogen-bond donors (Lipinski definition) is 4. The fourth-order valence-electron chi connectivity index (χ4n) is 8.42. The summed E-state index contributed by atoms with van der Waals surface area (Å²) in [6.07, 6.45) is 2.18. The van der Waals surface area contributed by atoms with Crippen LogP contribution in [0.3, 0.4) is 0 Å². The molecule has 0 bridgehead atoms. The number of urea groups is 1. The molecule has 68 heavy (non-hydrogen) atoms. The van der Waals surface area contributed by atoms with Crippen LogP contribution < -0.4 is 25.2 Å². The first kappa shape index (κ1) is 48.6. The lowest BCUT2D eigenvalue weighted by molar-refractivity contribution is -0.144. The SMILES string of the molecule is [C-]#[N+]c1ccc(N2C(=O)N(c3ccc(-c4ccc(OCCCCOCC(=O)N[C@H](C(=O)N5C[C@H](O)C[C@H]5C(=O)NCc5ccc(-c6ccn[nH]6)cc5)C(C)(C)C)cc4)cc3)C(C)(C)C2=O)cc1C. The number of aryl methyl sites for hydroxylation is 1. The summed E-state index contributed by atoms with van der Waals surface area (Å²) in [5.41, 5.74) is 4.89. The highest BCUT2D eigenvalue weighted by atomic mass is 16.5. The number of nitrogens with zero attached hydrogens (tertiary/aromatic N) is 5. The lowest BCUT2D eigenvalue weighted by Crippen LogP contribution is -2.58. The fourth-order valence-corrected chi connectivity index (χ4v) is 8.42. The Morgan fingerprint density at radius 2 is 1.56 bits per heavy atom. The molecule has 0 radical (unpaired) electrons. The molecule has 16 heteroatoms. The molecule has 4 aromatic carbocycles. The number of unbranched alkanes of at least 4 members (excludes halogenated alkanes) is 1. The summed E-state index contributed by atoms with van der Waals surface area (Å²) in [4.78, 5) is 75.2. The number of benzene rings is 4. The van der Waals surface area contributed by atoms with E-state index in [9.17, 15) is 29.1 Å². The molecule has 0 saturated carbocycles. The number of anilines is 2. The van der Waals surface area contributed by atoms with Crippen LogP contribution in [0, 0.1) is 18.9 Å². The zero-order chi connectivity index (χ0) is 48.8. The van der Waals surface area contributed by atoms with Crippen LogP contribution in [0.5, 0.6) is 5.75 Å². The Balaban J connectivity index is 0.831. The molecule has 3 atom stereocenters. The molecule has 2 fully saturated rings. The van der Waals surface area contributed by atoms with Crippen LogP contribution in [0.25, 0.3) is 27.2 Å². The maximum atomic E-state index is 14.0. The van der Waals surface area contributed by atoms with Gasteiger partial charge in [0.1, 0.15) is 30.0 Å². The molecule has 2 aliphatic rings. The number of rotatable bonds is 17. The number of imide groups is 1. The molecule has 0 unspecified atom stereocenters. The maximum Gasteiger partial charge on any atom is 0.336 e. The Morgan fingerprint density at radius 1 is 0.912 bits per heavy atom. The van der Waals surface area contributed by atoms with E-state index in [0.717, 1.165) is 27.9 Å². The minimum atomic E-state index is -1.13. The number of aliphatic hydroxyl groups is 1. The summed E-state index contributed by atoms with van der Waals surface area (Å²) < 4.78 is 11.6. The summed E-state index contributed by atoms with van der Waals surface area (Å²) in [5.74, 6) is -0.958. The predicted octanol–water partition coefficient (Wildman–Crippen LogP) is 7.34. The molecule has 2 aliphatic heterocycles. The molecule has 16 nitrogen and oxygen atoms in total. The van der Waals surface area contributed by atoms with Crippen LogP contribution in [0.15, 0.2) is 103 Å². The summed E-state index contributed by atoms with van der Waals surface area (Å²) in [7, 11) is 0. The van der Waals surface area contributed by atoms with Crippen molar-refractivity contribution >= 4 is 46.7 Å². The highest BCUT2D eigenvalue weighted by molar-refractivity contribution is 6.30. The van der Waals surface area contributed by atoms with Crippen LogP contribution in [0.2, 0.25) is 0 Å². The largest absolute Gasteiger partial charge is 0.494 e. The summed E-state index contributed by atoms with van der Waals surface area (Å²) in [6.45, 7) is 18.7. The van der Waals surface area contributed by atoms with Crippen molar-refractivity contribution in [3.05, 3.63) is 126 Å². The van der Waals surface area contributed by atoms with E-state index in [1.165, 1.54) is 14.7 Å². The molecule has 354 valence electrons. The number of hydrogen-bond acceptors (Lipinski definition) is 9. The second kappa shape index (κ2) is 20.7. The highest BCUT2D eigenvalue weighted by Gasteiger charge is 2.52. The van der Waals surface area contributed by atoms with Gasteiger partial charge in [-0.3, -0.25) is 29.2 Å². The van der Waals surface area contributed by atoms with E-state index in [4.69, 9.17) is 16.0 Å². The standard InChI is InChI=1S/C52H58N8O8/c1-33-28-39(20-23-42(33)53-7)59-49(65)52(5,6)60(50(59)66)38-18-14-35(15-19-38)36-16-21-41(22-17-36)68-27-9-8-26-67-32-45(62)56-46(51(2,3)4)48(64)58-31-40(61)29-44(58)47(63)54-30-34-10-12-37(13-11-34)43-24-25-55-57-43/h10-25,28,40,44,46,61H,8-9,26-27,29-32H2,1-6H3,(H,54,63)(H,55,57)(H,56,62)/t40-,44+,46-/m1/s1. The number of carbonyl (C=O) groups excluding carboxylic acids is 5. The van der Waals surface area contributed by atoms with E-state index in [-0.39, 0.29) is 37.9 Å². The molecule has 0 aliphatic carbocycles. The molecule has 4 N–H and O–H groups in total. The molecular formula is C52H58N8O8. The number of aliphatic hydroxyl groups excluding tert-OH is 1. The van der Waals surface area contributed by atoms with Crippen molar-refractivity contribution in [3.63, 3.8) is 0 Å². The molecule has 7 rings (SSSR count). The first-order valence-corrected chi connectivity index (χ1v) is 22.7. The zero-order valence-electron chi connectivity index (χ0n) is 39.2. The first-order chi connectivity index (χ1) is 32.5. The van der Waals surface area contributed by atoms with Gasteiger partial charge in [0, 0.05) is 38.0 Å². The van der Waals surface area contributed by atoms with Crippen LogP contribution in [-0.4, -0.2) is 100.0 Å². The average Bonchev–Trinajstić information content (AvgIpc) is 4.04. The van der Waals surface area contributed by atoms with Gasteiger partial charge in [0.15, 0.2) is 5.69 Å². The van der Waals surface area contributed by atoms with Gasteiger partial charge in [-0.05, 0) is 109 Å². The van der Waals surface area contributed by atoms with Crippen LogP contribution in [0.4, 0.5) is 21.9 Å². The minimum absolute atomic E-state index is 0.0226. The topological polar surface area (TPSA) is 191 Å². The van der Waals surface area contributed by atoms with Gasteiger partial charge in [-0.25, -0.2) is 14.5 Å². The van der Waals surface area contributed by atoms with Crippen molar-refractivity contribution in [2.24, 2.45) is 5.41 Å². The number of amides is 6. The third-order valence-electron chi connectivity index (χ3n) is 12.2. The quantitative estimate of drug-likeness (QED) is 0.0420. The van der Waals surface area contributed by atoms with Crippen LogP contribution >= 0.6 is 0 Å². The van der Waals surface area contributed by atoms with Gasteiger partial charge in [-0.1, -0.05) is 75.4 Å². The Kier molecular flexibility index (Phi) is 14.8. The first-order valence-electron chi connectivity index (χ1n) is 22.7. The number of aromatic amines is 1. The van der Waals surface area contributed by atoms with E-state index in [1.807, 2.05) is 99.6 Å². The number of ether oxygens (including phenoxy) is 2. The monoisotopic (exact) mass is 922 g/mol. The van der Waals surface area contributed by atoms with Crippen molar-refractivity contribution in [2.75, 3.05) is 36.2 Å². The Hall–Kier alpha value is -7.35. The normalized spacial score (nSPS) is 17.2. The van der Waals surface area contributed by atoms with E-state index in [0.29, 0.717) is 54.4 Å². The van der Waals surface area contributed by atoms with Crippen molar-refractivity contribution in [2.45, 2.75) is 91.1 Å². The fraction of sp³-hybridized carbons (Fsp3) is 0.365. The Labute approximate surface area is 396 Å². The second-order valence-electron chi connectivity index (χ2n) is 18.7. The number of aromatic nitrogens is 2. The number of nitrogens with one attached hydrogen (secondary N) is 3. The number of β-amino-alcohol motifs (C(OH)–C–C–N with tert-alkyl or cyclic N) is 1. The third-order valence-corrected chi connectivity index (χ3v) is 12.2. The molecule has 1 aromatic heterocycles. The molecule has 6 amide bonds. The van der Waals surface area contributed by atoms with Crippen molar-refractivity contribution in [1.82, 2.24) is 25.7 Å². The van der Waals surface area contributed by atoms with Gasteiger partial charge in [-0.15, -0.1) is 0 Å². The van der Waals surface area contributed by atoms with Crippen LogP contribution in [-0.2, 0) is 30.5 Å². The summed E-state index contributed by atoms with van der Waals surface area (Å²) in [5, 5.41) is 23.2. The molecular weight excluding hydrogens is 865 g/mol. The van der Waals surface area contributed by atoms with Gasteiger partial charge in [0.25, 0.3) is 5.91 Å². The molecule has 5 aromatic rings. The van der Waals surface area contributed by atoms with Gasteiger partial charge < -0.3 is 30.1 Å². The predicted molar refractivity (Wildman–Crippen MR) is 258 cm³/mol. The number of likely N-dealkylation sites (tertiary alicyclic amines) is 1. The molecule has 2 saturated heterocycles. The lowest BCUT2D eigenvalue weighted by atomic mass is 9.85. The van der Waals surface area contributed by atoms with Gasteiger partial charge >= 0.3 is 6.03 Å². The summed E-state index contributed by atoms with van der Waals surface area (Å²) >= 11 is 0. The zero-order valence-corrected chi connectivity index (χ0v) is 39.2. The smallest absolute Gasteiger partial charge is 0.336 e. The van der Waals surface area contributed by atoms with E-state index in [2.05, 4.69) is 25.7 Å².